The molecule has 1 saturated carbocycles. The first-order valence-electron chi connectivity index (χ1n) is 7.67. The Kier molecular flexibility index (Phi) is 5.45. The molecule has 1 aliphatic rings. The molecule has 2 rings (SSSR count). The summed E-state index contributed by atoms with van der Waals surface area (Å²) in [6.45, 7) is 2.88. The minimum atomic E-state index is 0.226. The molecule has 0 aliphatic heterocycles. The van der Waals surface area contributed by atoms with Crippen molar-refractivity contribution in [1.82, 2.24) is 4.90 Å². The number of para-hydroxylation sites is 1. The van der Waals surface area contributed by atoms with E-state index < -0.39 is 0 Å². The highest BCUT2D eigenvalue weighted by Crippen LogP contribution is 2.24. The van der Waals surface area contributed by atoms with Gasteiger partial charge in [0.2, 0.25) is 5.91 Å². The van der Waals surface area contributed by atoms with Gasteiger partial charge in [0.15, 0.2) is 0 Å². The number of nitrogens with zero attached hydrogens (tertiary/aromatic N) is 1. The number of likely N-dealkylation sites (N-methyl/N-ethyl adjacent to an activating group) is 1. The fourth-order valence-corrected chi connectivity index (χ4v) is 3.14. The molecule has 0 N–H and O–H groups in total. The van der Waals surface area contributed by atoms with Gasteiger partial charge < -0.3 is 9.64 Å². The first-order valence-corrected chi connectivity index (χ1v) is 7.67. The third-order valence-electron chi connectivity index (χ3n) is 4.21. The van der Waals surface area contributed by atoms with Crippen molar-refractivity contribution in [3.05, 3.63) is 29.8 Å². The number of hydrogen-bond donors (Lipinski definition) is 0. The molecule has 0 radical (unpaired) electrons. The van der Waals surface area contributed by atoms with Gasteiger partial charge in [0, 0.05) is 18.2 Å². The highest BCUT2D eigenvalue weighted by Gasteiger charge is 2.24. The zero-order valence-electron chi connectivity index (χ0n) is 12.6. The van der Waals surface area contributed by atoms with Gasteiger partial charge >= 0.3 is 0 Å². The molecule has 0 atom stereocenters. The summed E-state index contributed by atoms with van der Waals surface area (Å²) in [7, 11) is 1.65. The quantitative estimate of drug-likeness (QED) is 0.824. The molecule has 1 amide bonds. The first-order chi connectivity index (χ1) is 9.76. The maximum atomic E-state index is 12.6. The van der Waals surface area contributed by atoms with Crippen molar-refractivity contribution in [2.24, 2.45) is 0 Å². The van der Waals surface area contributed by atoms with Gasteiger partial charge in [-0.05, 0) is 25.8 Å². The Morgan fingerprint density at radius 2 is 1.95 bits per heavy atom. The largest absolute Gasteiger partial charge is 0.496 e. The van der Waals surface area contributed by atoms with E-state index in [0.29, 0.717) is 12.5 Å². The fourth-order valence-electron chi connectivity index (χ4n) is 3.14. The molecule has 0 spiro atoms. The lowest BCUT2D eigenvalue weighted by molar-refractivity contribution is -0.133. The second-order valence-electron chi connectivity index (χ2n) is 5.46. The summed E-state index contributed by atoms with van der Waals surface area (Å²) >= 11 is 0. The van der Waals surface area contributed by atoms with Crippen LogP contribution < -0.4 is 4.74 Å². The van der Waals surface area contributed by atoms with Crippen molar-refractivity contribution in [2.75, 3.05) is 13.7 Å². The SMILES string of the molecule is CCN(C(=O)Cc1ccccc1OC)C1CCCCC1. The molecular weight excluding hydrogens is 250 g/mol. The Morgan fingerprint density at radius 3 is 2.60 bits per heavy atom. The Labute approximate surface area is 121 Å². The van der Waals surface area contributed by atoms with Crippen LogP contribution in [0.15, 0.2) is 24.3 Å². The van der Waals surface area contributed by atoms with Crippen molar-refractivity contribution in [3.8, 4) is 5.75 Å². The summed E-state index contributed by atoms with van der Waals surface area (Å²) in [6, 6.07) is 8.23. The van der Waals surface area contributed by atoms with Gasteiger partial charge in [-0.25, -0.2) is 0 Å². The average molecular weight is 275 g/mol. The second-order valence-corrected chi connectivity index (χ2v) is 5.46. The zero-order chi connectivity index (χ0) is 14.4. The standard InChI is InChI=1S/C17H25NO2/c1-3-18(15-10-5-4-6-11-15)17(19)13-14-9-7-8-12-16(14)20-2/h7-9,12,15H,3-6,10-11,13H2,1-2H3. The van der Waals surface area contributed by atoms with Gasteiger partial charge in [-0.3, -0.25) is 4.79 Å². The molecule has 110 valence electrons. The number of rotatable bonds is 5. The van der Waals surface area contributed by atoms with Crippen LogP contribution in [0.3, 0.4) is 0 Å². The molecule has 0 saturated heterocycles. The minimum absolute atomic E-state index is 0.226. The summed E-state index contributed by atoms with van der Waals surface area (Å²) < 4.78 is 5.33. The molecule has 3 nitrogen and oxygen atoms in total. The molecule has 0 bridgehead atoms. The summed E-state index contributed by atoms with van der Waals surface area (Å²) in [5.41, 5.74) is 0.981. The molecule has 0 heterocycles. The lowest BCUT2D eigenvalue weighted by Gasteiger charge is -2.33. The Balaban J connectivity index is 2.05. The van der Waals surface area contributed by atoms with E-state index in [1.165, 1.54) is 19.3 Å². The maximum absolute atomic E-state index is 12.6. The van der Waals surface area contributed by atoms with Crippen LogP contribution >= 0.6 is 0 Å². The van der Waals surface area contributed by atoms with Crippen molar-refractivity contribution < 1.29 is 9.53 Å². The summed E-state index contributed by atoms with van der Waals surface area (Å²) in [5.74, 6) is 1.03. The predicted octanol–water partition coefficient (Wildman–Crippen LogP) is 3.42. The van der Waals surface area contributed by atoms with Crippen molar-refractivity contribution in [2.45, 2.75) is 51.5 Å². The van der Waals surface area contributed by atoms with E-state index in [4.69, 9.17) is 4.74 Å². The number of amides is 1. The van der Waals surface area contributed by atoms with Gasteiger partial charge in [-0.1, -0.05) is 37.5 Å². The smallest absolute Gasteiger partial charge is 0.227 e. The lowest BCUT2D eigenvalue weighted by Crippen LogP contribution is -2.42. The first kappa shape index (κ1) is 14.9. The molecule has 1 aliphatic carbocycles. The van der Waals surface area contributed by atoms with Crippen molar-refractivity contribution >= 4 is 5.91 Å². The van der Waals surface area contributed by atoms with Crippen LogP contribution in [0.1, 0.15) is 44.6 Å². The maximum Gasteiger partial charge on any atom is 0.227 e. The average Bonchev–Trinajstić information content (AvgIpc) is 2.49. The van der Waals surface area contributed by atoms with E-state index in [-0.39, 0.29) is 5.91 Å². The Hall–Kier alpha value is -1.51. The number of carbonyl (C=O) groups excluding carboxylic acids is 1. The second kappa shape index (κ2) is 7.32. The van der Waals surface area contributed by atoms with Gasteiger partial charge in [-0.2, -0.15) is 0 Å². The molecule has 0 aromatic heterocycles. The van der Waals surface area contributed by atoms with E-state index >= 15 is 0 Å². The third kappa shape index (κ3) is 3.53. The van der Waals surface area contributed by atoms with Gasteiger partial charge in [0.25, 0.3) is 0 Å². The number of methoxy groups -OCH3 is 1. The summed E-state index contributed by atoms with van der Waals surface area (Å²) in [6.07, 6.45) is 6.58. The van der Waals surface area contributed by atoms with Crippen LogP contribution in [0.2, 0.25) is 0 Å². The number of ether oxygens (including phenoxy) is 1. The van der Waals surface area contributed by atoms with E-state index in [1.54, 1.807) is 7.11 Å². The highest BCUT2D eigenvalue weighted by molar-refractivity contribution is 5.79. The molecular formula is C17H25NO2. The van der Waals surface area contributed by atoms with E-state index in [2.05, 4.69) is 11.8 Å². The van der Waals surface area contributed by atoms with E-state index in [1.807, 2.05) is 24.3 Å². The van der Waals surface area contributed by atoms with Crippen LogP contribution in [0.5, 0.6) is 5.75 Å². The Morgan fingerprint density at radius 1 is 1.25 bits per heavy atom. The van der Waals surface area contributed by atoms with Gasteiger partial charge in [-0.15, -0.1) is 0 Å². The van der Waals surface area contributed by atoms with Crippen molar-refractivity contribution in [3.63, 3.8) is 0 Å². The van der Waals surface area contributed by atoms with E-state index in [0.717, 1.165) is 30.7 Å². The highest BCUT2D eigenvalue weighted by atomic mass is 16.5. The summed E-state index contributed by atoms with van der Waals surface area (Å²) in [5, 5.41) is 0. The van der Waals surface area contributed by atoms with Crippen LogP contribution in [0.4, 0.5) is 0 Å². The third-order valence-corrected chi connectivity index (χ3v) is 4.21. The Bertz CT molecular complexity index is 438. The van der Waals surface area contributed by atoms with Gasteiger partial charge in [0.05, 0.1) is 13.5 Å². The minimum Gasteiger partial charge on any atom is -0.496 e. The lowest BCUT2D eigenvalue weighted by atomic mass is 9.93. The number of benzene rings is 1. The molecule has 1 aromatic rings. The van der Waals surface area contributed by atoms with Crippen LogP contribution in [0.25, 0.3) is 0 Å². The number of hydrogen-bond acceptors (Lipinski definition) is 2. The van der Waals surface area contributed by atoms with Crippen LogP contribution in [-0.2, 0) is 11.2 Å². The molecule has 1 fully saturated rings. The predicted molar refractivity (Wildman–Crippen MR) is 81.0 cm³/mol. The van der Waals surface area contributed by atoms with E-state index in [9.17, 15) is 4.79 Å². The van der Waals surface area contributed by atoms with Gasteiger partial charge in [0.1, 0.15) is 5.75 Å². The topological polar surface area (TPSA) is 29.5 Å². The number of carbonyl (C=O) groups is 1. The van der Waals surface area contributed by atoms with Crippen LogP contribution in [0, 0.1) is 0 Å². The molecule has 20 heavy (non-hydrogen) atoms. The monoisotopic (exact) mass is 275 g/mol. The van der Waals surface area contributed by atoms with Crippen molar-refractivity contribution in [1.29, 1.82) is 0 Å². The molecule has 1 aromatic carbocycles. The fraction of sp³-hybridized carbons (Fsp3) is 0.588. The zero-order valence-corrected chi connectivity index (χ0v) is 12.6. The normalized spacial score (nSPS) is 15.9. The summed E-state index contributed by atoms with van der Waals surface area (Å²) in [4.78, 5) is 14.6. The van der Waals surface area contributed by atoms with Crippen LogP contribution in [-0.4, -0.2) is 30.5 Å². The molecule has 0 unspecified atom stereocenters. The molecule has 3 heteroatoms.